The lowest BCUT2D eigenvalue weighted by atomic mass is 10.2. The first-order valence-electron chi connectivity index (χ1n) is 12.1. The molecule has 2 aromatic rings. The van der Waals surface area contributed by atoms with Crippen LogP contribution in [0.15, 0.2) is 58.5 Å². The molecule has 2 aliphatic heterocycles. The summed E-state index contributed by atoms with van der Waals surface area (Å²) in [6.45, 7) is 0.154. The van der Waals surface area contributed by atoms with Crippen LogP contribution in [0.2, 0.25) is 0 Å². The van der Waals surface area contributed by atoms with Crippen LogP contribution in [-0.2, 0) is 14.4 Å². The highest BCUT2D eigenvalue weighted by Crippen LogP contribution is 2.30. The topological polar surface area (TPSA) is 152 Å². The third kappa shape index (κ3) is 6.87. The zero-order valence-corrected chi connectivity index (χ0v) is 22.1. The Hall–Kier alpha value is -3.51. The van der Waals surface area contributed by atoms with Crippen molar-refractivity contribution in [2.45, 2.75) is 24.9 Å². The maximum absolute atomic E-state index is 13.0. The van der Waals surface area contributed by atoms with Crippen molar-refractivity contribution in [3.8, 4) is 11.5 Å². The van der Waals surface area contributed by atoms with Gasteiger partial charge in [-0.05, 0) is 37.1 Å². The highest BCUT2D eigenvalue weighted by Gasteiger charge is 2.31. The van der Waals surface area contributed by atoms with Crippen LogP contribution in [0, 0.1) is 0 Å². The number of carbonyl (C=O) groups excluding carboxylic acids is 2. The number of aromatic hydroxyl groups is 2. The van der Waals surface area contributed by atoms with Gasteiger partial charge in [-0.15, -0.1) is 23.5 Å². The molecule has 2 atom stereocenters. The number of benzene rings is 2. The quantitative estimate of drug-likeness (QED) is 0.308. The van der Waals surface area contributed by atoms with Gasteiger partial charge in [0.1, 0.15) is 40.2 Å². The molecule has 4 rings (SSSR count). The smallest absolute Gasteiger partial charge is 0.323 e. The summed E-state index contributed by atoms with van der Waals surface area (Å²) in [7, 11) is 0. The SMILES string of the molecule is O=C(O)CN(CCCCNC(=O)C1CSC(c2ccccc2O)=N1)C(=O)C1CSC(c2ccccc2O)=N1. The fourth-order valence-corrected chi connectivity index (χ4v) is 6.14. The monoisotopic (exact) mass is 556 g/mol. The first kappa shape index (κ1) is 27.5. The van der Waals surface area contributed by atoms with Crippen LogP contribution >= 0.6 is 23.5 Å². The van der Waals surface area contributed by atoms with E-state index >= 15 is 0 Å². The summed E-state index contributed by atoms with van der Waals surface area (Å²) in [5, 5.41) is 33.4. The number of nitrogens with one attached hydrogen (secondary N) is 1. The van der Waals surface area contributed by atoms with Crippen molar-refractivity contribution in [2.24, 2.45) is 9.98 Å². The van der Waals surface area contributed by atoms with E-state index < -0.39 is 24.6 Å². The molecule has 200 valence electrons. The summed E-state index contributed by atoms with van der Waals surface area (Å²) in [5.41, 5.74) is 1.15. The summed E-state index contributed by atoms with van der Waals surface area (Å²) >= 11 is 2.77. The molecular formula is C26H28N4O6S2. The Bertz CT molecular complexity index is 1270. The molecule has 0 bridgehead atoms. The van der Waals surface area contributed by atoms with E-state index in [2.05, 4.69) is 15.3 Å². The molecule has 2 aliphatic rings. The highest BCUT2D eigenvalue weighted by atomic mass is 32.2. The zero-order chi connectivity index (χ0) is 27.1. The summed E-state index contributed by atoms with van der Waals surface area (Å²) in [6.07, 6.45) is 1.05. The number of rotatable bonds is 11. The maximum atomic E-state index is 13.0. The van der Waals surface area contributed by atoms with E-state index in [1.54, 1.807) is 48.5 Å². The van der Waals surface area contributed by atoms with E-state index in [-0.39, 0.29) is 29.9 Å². The molecule has 2 unspecified atom stereocenters. The van der Waals surface area contributed by atoms with Crippen LogP contribution in [-0.4, -0.2) is 91.3 Å². The Kier molecular flexibility index (Phi) is 9.29. The van der Waals surface area contributed by atoms with Crippen LogP contribution in [0.25, 0.3) is 0 Å². The second kappa shape index (κ2) is 12.8. The third-order valence-electron chi connectivity index (χ3n) is 5.95. The summed E-state index contributed by atoms with van der Waals surface area (Å²) < 4.78 is 0. The lowest BCUT2D eigenvalue weighted by molar-refractivity contribution is -0.144. The number of phenols is 2. The van der Waals surface area contributed by atoms with E-state index in [0.29, 0.717) is 52.1 Å². The number of amides is 2. The Morgan fingerprint density at radius 3 is 2.00 bits per heavy atom. The number of hydrogen-bond donors (Lipinski definition) is 4. The minimum Gasteiger partial charge on any atom is -0.507 e. The molecule has 0 fully saturated rings. The van der Waals surface area contributed by atoms with Crippen molar-refractivity contribution in [2.75, 3.05) is 31.1 Å². The van der Waals surface area contributed by atoms with Gasteiger partial charge in [0.05, 0.1) is 0 Å². The maximum Gasteiger partial charge on any atom is 0.323 e. The minimum absolute atomic E-state index is 0.0765. The largest absolute Gasteiger partial charge is 0.507 e. The Balaban J connectivity index is 1.25. The molecular weight excluding hydrogens is 528 g/mol. The molecule has 2 heterocycles. The number of carboxylic acid groups (broad SMARTS) is 1. The van der Waals surface area contributed by atoms with Gasteiger partial charge in [0.15, 0.2) is 0 Å². The Morgan fingerprint density at radius 1 is 0.868 bits per heavy atom. The molecule has 0 saturated carbocycles. The molecule has 10 nitrogen and oxygen atoms in total. The number of nitrogens with zero attached hydrogens (tertiary/aromatic N) is 3. The molecule has 2 aromatic carbocycles. The van der Waals surface area contributed by atoms with Gasteiger partial charge >= 0.3 is 5.97 Å². The van der Waals surface area contributed by atoms with E-state index in [1.165, 1.54) is 28.4 Å². The zero-order valence-electron chi connectivity index (χ0n) is 20.4. The first-order chi connectivity index (χ1) is 18.3. The average molecular weight is 557 g/mol. The number of aliphatic imine (C=N–C) groups is 2. The number of unbranched alkanes of at least 4 members (excludes halogenated alkanes) is 1. The molecule has 0 saturated heterocycles. The molecule has 0 spiro atoms. The van der Waals surface area contributed by atoms with Crippen molar-refractivity contribution in [3.05, 3.63) is 59.7 Å². The summed E-state index contributed by atoms with van der Waals surface area (Å²) in [4.78, 5) is 47.1. The van der Waals surface area contributed by atoms with E-state index in [0.717, 1.165) is 0 Å². The summed E-state index contributed by atoms with van der Waals surface area (Å²) in [5.74, 6) is -0.641. The van der Waals surface area contributed by atoms with Crippen LogP contribution in [0.5, 0.6) is 11.5 Å². The fraction of sp³-hybridized carbons (Fsp3) is 0.346. The number of hydrogen-bond acceptors (Lipinski definition) is 9. The van der Waals surface area contributed by atoms with Gasteiger partial charge < -0.3 is 25.5 Å². The third-order valence-corrected chi connectivity index (χ3v) is 8.11. The highest BCUT2D eigenvalue weighted by molar-refractivity contribution is 8.15. The Morgan fingerprint density at radius 2 is 1.42 bits per heavy atom. The number of thioether (sulfide) groups is 2. The van der Waals surface area contributed by atoms with Crippen LogP contribution in [0.1, 0.15) is 24.0 Å². The first-order valence-corrected chi connectivity index (χ1v) is 14.1. The van der Waals surface area contributed by atoms with Gasteiger partial charge in [-0.25, -0.2) is 0 Å². The van der Waals surface area contributed by atoms with E-state index in [4.69, 9.17) is 0 Å². The Labute approximate surface area is 228 Å². The molecule has 4 N–H and O–H groups in total. The van der Waals surface area contributed by atoms with Gasteiger partial charge in [-0.1, -0.05) is 24.3 Å². The number of phenolic OH excluding ortho intramolecular Hbond substituents is 2. The van der Waals surface area contributed by atoms with Gasteiger partial charge in [0, 0.05) is 35.7 Å². The number of aliphatic carboxylic acids is 1. The molecule has 2 amide bonds. The molecule has 38 heavy (non-hydrogen) atoms. The lowest BCUT2D eigenvalue weighted by Crippen LogP contribution is -2.42. The molecule has 0 aliphatic carbocycles. The minimum atomic E-state index is -1.11. The molecule has 0 aromatic heterocycles. The van der Waals surface area contributed by atoms with E-state index in [9.17, 15) is 29.7 Å². The summed E-state index contributed by atoms with van der Waals surface area (Å²) in [6, 6.07) is 12.3. The predicted molar refractivity (Wildman–Crippen MR) is 148 cm³/mol. The van der Waals surface area contributed by atoms with Crippen molar-refractivity contribution >= 4 is 51.4 Å². The normalized spacial score (nSPS) is 18.5. The van der Waals surface area contributed by atoms with Gasteiger partial charge in [-0.2, -0.15) is 0 Å². The van der Waals surface area contributed by atoms with Crippen LogP contribution < -0.4 is 5.32 Å². The standard InChI is InChI=1S/C26H28N4O6S2/c31-20-9-3-1-7-16(20)24-28-18(14-37-24)23(35)27-11-5-6-12-30(13-22(33)34)26(36)19-15-38-25(29-19)17-8-2-4-10-21(17)32/h1-4,7-10,18-19,31-32H,5-6,11-15H2,(H,27,35)(H,33,34). The second-order valence-corrected chi connectivity index (χ2v) is 10.7. The molecule has 12 heteroatoms. The van der Waals surface area contributed by atoms with Gasteiger partial charge in [0.2, 0.25) is 11.8 Å². The van der Waals surface area contributed by atoms with E-state index in [1.807, 2.05) is 0 Å². The van der Waals surface area contributed by atoms with Crippen LogP contribution in [0.4, 0.5) is 0 Å². The van der Waals surface area contributed by atoms with Crippen molar-refractivity contribution in [1.82, 2.24) is 10.2 Å². The van der Waals surface area contributed by atoms with Crippen molar-refractivity contribution < 1.29 is 29.7 Å². The van der Waals surface area contributed by atoms with Crippen molar-refractivity contribution in [1.29, 1.82) is 0 Å². The second-order valence-electron chi connectivity index (χ2n) is 8.71. The van der Waals surface area contributed by atoms with Gasteiger partial charge in [-0.3, -0.25) is 24.4 Å². The number of carboxylic acids is 1. The van der Waals surface area contributed by atoms with Crippen LogP contribution in [0.3, 0.4) is 0 Å². The van der Waals surface area contributed by atoms with Crippen molar-refractivity contribution in [3.63, 3.8) is 0 Å². The number of para-hydroxylation sites is 2. The predicted octanol–water partition coefficient (Wildman–Crippen LogP) is 2.33. The molecule has 0 radical (unpaired) electrons. The lowest BCUT2D eigenvalue weighted by Gasteiger charge is -2.22. The fourth-order valence-electron chi connectivity index (χ4n) is 4.01. The number of carbonyl (C=O) groups is 3. The van der Waals surface area contributed by atoms with Gasteiger partial charge in [0.25, 0.3) is 0 Å². The average Bonchev–Trinajstić information content (AvgIpc) is 3.58.